The van der Waals surface area contributed by atoms with Gasteiger partial charge in [0.15, 0.2) is 0 Å². The third-order valence-electron chi connectivity index (χ3n) is 2.09. The Hall–Kier alpha value is -1.52. The molecule has 5 heteroatoms. The average molecular weight is 266 g/mol. The van der Waals surface area contributed by atoms with E-state index in [4.69, 9.17) is 11.6 Å². The SMILES string of the molecule is O=[N+]([O-])c1ccccc1Sc1cccc(Cl)c1. The Kier molecular flexibility index (Phi) is 3.66. The van der Waals surface area contributed by atoms with Gasteiger partial charge in [0.1, 0.15) is 0 Å². The third-order valence-corrected chi connectivity index (χ3v) is 3.38. The van der Waals surface area contributed by atoms with Crippen molar-refractivity contribution in [3.63, 3.8) is 0 Å². The number of halogens is 1. The maximum atomic E-state index is 10.8. The van der Waals surface area contributed by atoms with Crippen LogP contribution in [0.25, 0.3) is 0 Å². The van der Waals surface area contributed by atoms with Gasteiger partial charge in [0, 0.05) is 16.0 Å². The lowest BCUT2D eigenvalue weighted by Crippen LogP contribution is -1.89. The Morgan fingerprint density at radius 2 is 1.88 bits per heavy atom. The molecule has 0 fully saturated rings. The summed E-state index contributed by atoms with van der Waals surface area (Å²) in [5.74, 6) is 0. The second-order valence-corrected chi connectivity index (χ2v) is 4.84. The van der Waals surface area contributed by atoms with Crippen LogP contribution < -0.4 is 0 Å². The van der Waals surface area contributed by atoms with E-state index < -0.39 is 0 Å². The predicted molar refractivity (Wildman–Crippen MR) is 68.7 cm³/mol. The van der Waals surface area contributed by atoms with Crippen molar-refractivity contribution in [2.75, 3.05) is 0 Å². The van der Waals surface area contributed by atoms with Gasteiger partial charge in [-0.2, -0.15) is 0 Å². The lowest BCUT2D eigenvalue weighted by atomic mass is 10.3. The summed E-state index contributed by atoms with van der Waals surface area (Å²) in [5, 5.41) is 11.5. The van der Waals surface area contributed by atoms with Crippen LogP contribution in [0.3, 0.4) is 0 Å². The Labute approximate surface area is 108 Å². The van der Waals surface area contributed by atoms with Gasteiger partial charge in [-0.15, -0.1) is 0 Å². The summed E-state index contributed by atoms with van der Waals surface area (Å²) < 4.78 is 0. The quantitative estimate of drug-likeness (QED) is 0.610. The highest BCUT2D eigenvalue weighted by molar-refractivity contribution is 7.99. The normalized spacial score (nSPS) is 10.2. The van der Waals surface area contributed by atoms with Crippen LogP contribution >= 0.6 is 23.4 Å². The fraction of sp³-hybridized carbons (Fsp3) is 0. The van der Waals surface area contributed by atoms with Crippen LogP contribution in [0.15, 0.2) is 58.3 Å². The molecule has 0 saturated heterocycles. The Balaban J connectivity index is 2.33. The third kappa shape index (κ3) is 2.99. The van der Waals surface area contributed by atoms with Crippen molar-refractivity contribution >= 4 is 29.1 Å². The van der Waals surface area contributed by atoms with E-state index in [0.29, 0.717) is 9.92 Å². The fourth-order valence-electron chi connectivity index (χ4n) is 1.35. The minimum atomic E-state index is -0.382. The molecule has 0 aliphatic heterocycles. The van der Waals surface area contributed by atoms with E-state index in [9.17, 15) is 10.1 Å². The number of para-hydroxylation sites is 1. The van der Waals surface area contributed by atoms with Crippen molar-refractivity contribution in [3.8, 4) is 0 Å². The van der Waals surface area contributed by atoms with Crippen LogP contribution in [-0.4, -0.2) is 4.92 Å². The standard InChI is InChI=1S/C12H8ClNO2S/c13-9-4-3-5-10(8-9)17-12-7-2-1-6-11(12)14(15)16/h1-8H. The van der Waals surface area contributed by atoms with Crippen molar-refractivity contribution in [2.24, 2.45) is 0 Å². The molecule has 17 heavy (non-hydrogen) atoms. The molecule has 0 saturated carbocycles. The van der Waals surface area contributed by atoms with E-state index in [1.165, 1.54) is 17.8 Å². The smallest absolute Gasteiger partial charge is 0.258 e. The number of hydrogen-bond acceptors (Lipinski definition) is 3. The summed E-state index contributed by atoms with van der Waals surface area (Å²) in [7, 11) is 0. The van der Waals surface area contributed by atoms with Crippen molar-refractivity contribution < 1.29 is 4.92 Å². The Bertz CT molecular complexity index is 560. The highest BCUT2D eigenvalue weighted by atomic mass is 35.5. The van der Waals surface area contributed by atoms with E-state index in [1.807, 2.05) is 12.1 Å². The topological polar surface area (TPSA) is 43.1 Å². The molecule has 0 bridgehead atoms. The number of hydrogen-bond donors (Lipinski definition) is 0. The summed E-state index contributed by atoms with van der Waals surface area (Å²) in [4.78, 5) is 12.0. The molecule has 0 spiro atoms. The van der Waals surface area contributed by atoms with Crippen molar-refractivity contribution in [2.45, 2.75) is 9.79 Å². The Morgan fingerprint density at radius 3 is 2.59 bits per heavy atom. The highest BCUT2D eigenvalue weighted by Gasteiger charge is 2.13. The first-order chi connectivity index (χ1) is 8.16. The molecular formula is C12H8ClNO2S. The zero-order chi connectivity index (χ0) is 12.3. The molecule has 0 heterocycles. The minimum absolute atomic E-state index is 0.109. The molecule has 0 N–H and O–H groups in total. The molecule has 0 aliphatic carbocycles. The first-order valence-electron chi connectivity index (χ1n) is 4.83. The molecule has 2 rings (SSSR count). The van der Waals surface area contributed by atoms with Crippen LogP contribution in [0.5, 0.6) is 0 Å². The maximum Gasteiger partial charge on any atom is 0.283 e. The second-order valence-electron chi connectivity index (χ2n) is 3.28. The zero-order valence-corrected chi connectivity index (χ0v) is 10.2. The van der Waals surface area contributed by atoms with E-state index in [0.717, 1.165) is 4.90 Å². The van der Waals surface area contributed by atoms with Gasteiger partial charge < -0.3 is 0 Å². The summed E-state index contributed by atoms with van der Waals surface area (Å²) in [6, 6.07) is 13.9. The highest BCUT2D eigenvalue weighted by Crippen LogP contribution is 2.35. The molecule has 0 amide bonds. The molecule has 0 radical (unpaired) electrons. The van der Waals surface area contributed by atoms with E-state index in [2.05, 4.69) is 0 Å². The molecule has 0 atom stereocenters. The predicted octanol–water partition coefficient (Wildman–Crippen LogP) is 4.40. The molecule has 0 unspecified atom stereocenters. The number of nitro groups is 1. The van der Waals surface area contributed by atoms with Gasteiger partial charge in [0.25, 0.3) is 5.69 Å². The summed E-state index contributed by atoms with van der Waals surface area (Å²) in [5.41, 5.74) is 0.109. The molecule has 2 aromatic carbocycles. The van der Waals surface area contributed by atoms with Crippen LogP contribution in [0.1, 0.15) is 0 Å². The van der Waals surface area contributed by atoms with Crippen molar-refractivity contribution in [3.05, 3.63) is 63.7 Å². The molecule has 3 nitrogen and oxygen atoms in total. The van der Waals surface area contributed by atoms with E-state index >= 15 is 0 Å². The van der Waals surface area contributed by atoms with Crippen LogP contribution in [-0.2, 0) is 0 Å². The number of rotatable bonds is 3. The number of nitrogens with zero attached hydrogens (tertiary/aromatic N) is 1. The monoisotopic (exact) mass is 265 g/mol. The molecule has 0 aliphatic rings. The lowest BCUT2D eigenvalue weighted by molar-refractivity contribution is -0.387. The second kappa shape index (κ2) is 5.21. The minimum Gasteiger partial charge on any atom is -0.258 e. The Morgan fingerprint density at radius 1 is 1.12 bits per heavy atom. The first-order valence-corrected chi connectivity index (χ1v) is 6.03. The van der Waals surface area contributed by atoms with E-state index in [1.54, 1.807) is 30.3 Å². The zero-order valence-electron chi connectivity index (χ0n) is 8.67. The van der Waals surface area contributed by atoms with Gasteiger partial charge in [-0.1, -0.05) is 41.6 Å². The number of benzene rings is 2. The summed E-state index contributed by atoms with van der Waals surface area (Å²) >= 11 is 7.20. The van der Waals surface area contributed by atoms with E-state index in [-0.39, 0.29) is 10.6 Å². The molecular weight excluding hydrogens is 258 g/mol. The van der Waals surface area contributed by atoms with Crippen LogP contribution in [0.4, 0.5) is 5.69 Å². The van der Waals surface area contributed by atoms with Crippen molar-refractivity contribution in [1.29, 1.82) is 0 Å². The van der Waals surface area contributed by atoms with Gasteiger partial charge in [-0.3, -0.25) is 10.1 Å². The molecule has 86 valence electrons. The fourth-order valence-corrected chi connectivity index (χ4v) is 2.59. The molecule has 2 aromatic rings. The first kappa shape index (κ1) is 12.0. The number of nitro benzene ring substituents is 1. The van der Waals surface area contributed by atoms with Crippen molar-refractivity contribution in [1.82, 2.24) is 0 Å². The van der Waals surface area contributed by atoms with Gasteiger partial charge in [-0.25, -0.2) is 0 Å². The average Bonchev–Trinajstić information content (AvgIpc) is 2.29. The van der Waals surface area contributed by atoms with Gasteiger partial charge >= 0.3 is 0 Å². The van der Waals surface area contributed by atoms with Gasteiger partial charge in [0.2, 0.25) is 0 Å². The van der Waals surface area contributed by atoms with Gasteiger partial charge in [0.05, 0.1) is 9.82 Å². The molecule has 0 aromatic heterocycles. The summed E-state index contributed by atoms with van der Waals surface area (Å²) in [6.07, 6.45) is 0. The largest absolute Gasteiger partial charge is 0.283 e. The lowest BCUT2D eigenvalue weighted by Gasteiger charge is -2.02. The van der Waals surface area contributed by atoms with Crippen LogP contribution in [0.2, 0.25) is 5.02 Å². The van der Waals surface area contributed by atoms with Gasteiger partial charge in [-0.05, 0) is 24.3 Å². The van der Waals surface area contributed by atoms with Crippen LogP contribution in [0, 0.1) is 10.1 Å². The summed E-state index contributed by atoms with van der Waals surface area (Å²) in [6.45, 7) is 0. The maximum absolute atomic E-state index is 10.8.